The number of likely N-dealkylation sites (N-methyl/N-ethyl adjacent to an activating group) is 1. The second-order valence-electron chi connectivity index (χ2n) is 5.14. The summed E-state index contributed by atoms with van der Waals surface area (Å²) in [4.78, 5) is 13.4. The summed E-state index contributed by atoms with van der Waals surface area (Å²) in [5, 5.41) is 5.83. The van der Waals surface area contributed by atoms with E-state index in [-0.39, 0.29) is 17.7 Å². The SMILES string of the molecule is CNC(C)CNC(=O)c1ccc(-c2ccc(OC(F)(F)F)cc2)s1. The van der Waals surface area contributed by atoms with Gasteiger partial charge in [0.2, 0.25) is 0 Å². The maximum Gasteiger partial charge on any atom is 0.573 e. The highest BCUT2D eigenvalue weighted by Gasteiger charge is 2.30. The Kier molecular flexibility index (Phi) is 5.84. The summed E-state index contributed by atoms with van der Waals surface area (Å²) in [6, 6.07) is 9.16. The molecule has 2 rings (SSSR count). The Labute approximate surface area is 141 Å². The van der Waals surface area contributed by atoms with Gasteiger partial charge in [-0.25, -0.2) is 0 Å². The van der Waals surface area contributed by atoms with Crippen molar-refractivity contribution in [3.05, 3.63) is 41.3 Å². The summed E-state index contributed by atoms with van der Waals surface area (Å²) >= 11 is 1.28. The summed E-state index contributed by atoms with van der Waals surface area (Å²) in [7, 11) is 1.81. The quantitative estimate of drug-likeness (QED) is 0.829. The first-order valence-corrected chi connectivity index (χ1v) is 8.01. The molecule has 0 saturated carbocycles. The third-order valence-corrected chi connectivity index (χ3v) is 4.40. The lowest BCUT2D eigenvalue weighted by atomic mass is 10.2. The van der Waals surface area contributed by atoms with E-state index >= 15 is 0 Å². The van der Waals surface area contributed by atoms with Crippen LogP contribution in [0, 0.1) is 0 Å². The van der Waals surface area contributed by atoms with Crippen LogP contribution >= 0.6 is 11.3 Å². The van der Waals surface area contributed by atoms with Crippen molar-refractivity contribution in [2.45, 2.75) is 19.3 Å². The molecule has 0 radical (unpaired) electrons. The average Bonchev–Trinajstić information content (AvgIpc) is 3.01. The van der Waals surface area contributed by atoms with Crippen LogP contribution in [0.4, 0.5) is 13.2 Å². The minimum Gasteiger partial charge on any atom is -0.406 e. The van der Waals surface area contributed by atoms with E-state index in [4.69, 9.17) is 0 Å². The number of thiophene rings is 1. The van der Waals surface area contributed by atoms with Crippen molar-refractivity contribution in [1.82, 2.24) is 10.6 Å². The van der Waals surface area contributed by atoms with E-state index in [9.17, 15) is 18.0 Å². The van der Waals surface area contributed by atoms with Crippen molar-refractivity contribution in [2.75, 3.05) is 13.6 Å². The number of hydrogen-bond acceptors (Lipinski definition) is 4. The summed E-state index contributed by atoms with van der Waals surface area (Å²) in [5.74, 6) is -0.452. The Bertz CT molecular complexity index is 683. The average molecular weight is 358 g/mol. The Morgan fingerprint density at radius 2 is 1.88 bits per heavy atom. The number of carbonyl (C=O) groups excluding carboxylic acids is 1. The Morgan fingerprint density at radius 3 is 2.46 bits per heavy atom. The third kappa shape index (κ3) is 5.24. The van der Waals surface area contributed by atoms with Gasteiger partial charge in [-0.2, -0.15) is 0 Å². The van der Waals surface area contributed by atoms with Crippen molar-refractivity contribution in [2.24, 2.45) is 0 Å². The molecule has 1 atom stereocenters. The third-order valence-electron chi connectivity index (χ3n) is 3.26. The van der Waals surface area contributed by atoms with Crippen LogP contribution in [-0.2, 0) is 0 Å². The predicted molar refractivity (Wildman–Crippen MR) is 87.3 cm³/mol. The van der Waals surface area contributed by atoms with Crippen LogP contribution in [0.3, 0.4) is 0 Å². The Balaban J connectivity index is 2.03. The van der Waals surface area contributed by atoms with Gasteiger partial charge in [-0.05, 0) is 55.9 Å². The molecule has 2 aromatic rings. The van der Waals surface area contributed by atoms with Gasteiger partial charge < -0.3 is 15.4 Å². The monoisotopic (exact) mass is 358 g/mol. The van der Waals surface area contributed by atoms with E-state index < -0.39 is 6.36 Å². The van der Waals surface area contributed by atoms with E-state index in [0.29, 0.717) is 11.4 Å². The zero-order valence-electron chi connectivity index (χ0n) is 13.1. The van der Waals surface area contributed by atoms with Crippen LogP contribution in [0.25, 0.3) is 10.4 Å². The Hall–Kier alpha value is -2.06. The summed E-state index contributed by atoms with van der Waals surface area (Å²) in [5.41, 5.74) is 0.720. The standard InChI is InChI=1S/C16H17F3N2O2S/c1-10(20-2)9-21-15(22)14-8-7-13(24-14)11-3-5-12(6-4-11)23-16(17,18)19/h3-8,10,20H,9H2,1-2H3,(H,21,22). The molecule has 4 nitrogen and oxygen atoms in total. The molecule has 1 heterocycles. The molecule has 0 aliphatic rings. The van der Waals surface area contributed by atoms with Gasteiger partial charge in [-0.15, -0.1) is 24.5 Å². The second-order valence-corrected chi connectivity index (χ2v) is 6.22. The highest BCUT2D eigenvalue weighted by atomic mass is 32.1. The molecule has 1 aromatic carbocycles. The molecule has 0 aliphatic heterocycles. The highest BCUT2D eigenvalue weighted by Crippen LogP contribution is 2.30. The van der Waals surface area contributed by atoms with E-state index in [1.807, 2.05) is 14.0 Å². The molecule has 8 heteroatoms. The molecule has 0 spiro atoms. The van der Waals surface area contributed by atoms with Gasteiger partial charge in [0.1, 0.15) is 5.75 Å². The van der Waals surface area contributed by atoms with Crippen LogP contribution < -0.4 is 15.4 Å². The molecule has 1 unspecified atom stereocenters. The molecule has 130 valence electrons. The fraction of sp³-hybridized carbons (Fsp3) is 0.312. The van der Waals surface area contributed by atoms with Crippen LogP contribution in [0.2, 0.25) is 0 Å². The van der Waals surface area contributed by atoms with Crippen LogP contribution in [0.5, 0.6) is 5.75 Å². The Morgan fingerprint density at radius 1 is 1.21 bits per heavy atom. The van der Waals surface area contributed by atoms with Crippen molar-refractivity contribution in [3.8, 4) is 16.2 Å². The smallest absolute Gasteiger partial charge is 0.406 e. The van der Waals surface area contributed by atoms with Gasteiger partial charge >= 0.3 is 6.36 Å². The minimum atomic E-state index is -4.71. The molecule has 24 heavy (non-hydrogen) atoms. The zero-order chi connectivity index (χ0) is 17.7. The number of amides is 1. The first-order chi connectivity index (χ1) is 11.3. The number of carbonyl (C=O) groups is 1. The molecule has 0 fully saturated rings. The predicted octanol–water partition coefficient (Wildman–Crippen LogP) is 3.65. The van der Waals surface area contributed by atoms with Gasteiger partial charge in [0, 0.05) is 17.5 Å². The van der Waals surface area contributed by atoms with Crippen molar-refractivity contribution in [1.29, 1.82) is 0 Å². The topological polar surface area (TPSA) is 50.4 Å². The molecule has 2 N–H and O–H groups in total. The highest BCUT2D eigenvalue weighted by molar-refractivity contribution is 7.17. The fourth-order valence-electron chi connectivity index (χ4n) is 1.87. The van der Waals surface area contributed by atoms with Gasteiger partial charge in [0.25, 0.3) is 5.91 Å². The van der Waals surface area contributed by atoms with Crippen molar-refractivity contribution < 1.29 is 22.7 Å². The molecule has 0 bridgehead atoms. The maximum absolute atomic E-state index is 12.1. The number of rotatable bonds is 6. The number of hydrogen-bond donors (Lipinski definition) is 2. The number of benzene rings is 1. The van der Waals surface area contributed by atoms with Crippen LogP contribution in [-0.4, -0.2) is 31.9 Å². The normalized spacial score (nSPS) is 12.7. The van der Waals surface area contributed by atoms with Crippen molar-refractivity contribution in [3.63, 3.8) is 0 Å². The van der Waals surface area contributed by atoms with Crippen molar-refractivity contribution >= 4 is 17.2 Å². The van der Waals surface area contributed by atoms with Gasteiger partial charge in [0.05, 0.1) is 4.88 Å². The summed E-state index contributed by atoms with van der Waals surface area (Å²) < 4.78 is 40.3. The van der Waals surface area contributed by atoms with E-state index in [2.05, 4.69) is 15.4 Å². The summed E-state index contributed by atoms with van der Waals surface area (Å²) in [6.07, 6.45) is -4.71. The first kappa shape index (κ1) is 18.3. The minimum absolute atomic E-state index is 0.162. The second kappa shape index (κ2) is 7.67. The van der Waals surface area contributed by atoms with E-state index in [1.165, 1.54) is 35.6 Å². The number of halogens is 3. The molecule has 1 aromatic heterocycles. The summed E-state index contributed by atoms with van der Waals surface area (Å²) in [6.45, 7) is 2.46. The molecule has 1 amide bonds. The number of ether oxygens (including phenoxy) is 1. The van der Waals surface area contributed by atoms with Gasteiger partial charge in [-0.1, -0.05) is 0 Å². The molecular weight excluding hydrogens is 341 g/mol. The maximum atomic E-state index is 12.1. The van der Waals surface area contributed by atoms with Crippen LogP contribution in [0.1, 0.15) is 16.6 Å². The first-order valence-electron chi connectivity index (χ1n) is 7.20. The lowest BCUT2D eigenvalue weighted by Crippen LogP contribution is -2.36. The van der Waals surface area contributed by atoms with E-state index in [1.54, 1.807) is 12.1 Å². The lowest BCUT2D eigenvalue weighted by Gasteiger charge is -2.10. The molecule has 0 aliphatic carbocycles. The van der Waals surface area contributed by atoms with E-state index in [0.717, 1.165) is 10.4 Å². The van der Waals surface area contributed by atoms with Gasteiger partial charge in [-0.3, -0.25) is 4.79 Å². The number of nitrogens with one attached hydrogen (secondary N) is 2. The largest absolute Gasteiger partial charge is 0.573 e. The molecular formula is C16H17F3N2O2S. The number of alkyl halides is 3. The van der Waals surface area contributed by atoms with Crippen LogP contribution in [0.15, 0.2) is 36.4 Å². The zero-order valence-corrected chi connectivity index (χ0v) is 13.9. The lowest BCUT2D eigenvalue weighted by molar-refractivity contribution is -0.274. The fourth-order valence-corrected chi connectivity index (χ4v) is 2.80. The van der Waals surface area contributed by atoms with Gasteiger partial charge in [0.15, 0.2) is 0 Å². The molecule has 0 saturated heterocycles.